The first-order valence-electron chi connectivity index (χ1n) is 7.55. The zero-order chi connectivity index (χ0) is 13.9. The van der Waals surface area contributed by atoms with Gasteiger partial charge in [-0.3, -0.25) is 9.88 Å². The summed E-state index contributed by atoms with van der Waals surface area (Å²) in [5, 5.41) is 2.54. The average Bonchev–Trinajstić information content (AvgIpc) is 2.48. The van der Waals surface area contributed by atoms with E-state index in [4.69, 9.17) is 5.73 Å². The van der Waals surface area contributed by atoms with E-state index >= 15 is 0 Å². The molecule has 20 heavy (non-hydrogen) atoms. The van der Waals surface area contributed by atoms with Gasteiger partial charge in [0, 0.05) is 36.9 Å². The van der Waals surface area contributed by atoms with Gasteiger partial charge in [0.15, 0.2) is 0 Å². The minimum Gasteiger partial charge on any atom is -0.329 e. The highest BCUT2D eigenvalue weighted by Gasteiger charge is 2.27. The Morgan fingerprint density at radius 2 is 2.15 bits per heavy atom. The molecular weight excluding hydrogens is 246 g/mol. The number of nitrogens with zero attached hydrogens (tertiary/aromatic N) is 2. The van der Waals surface area contributed by atoms with Gasteiger partial charge in [0.2, 0.25) is 0 Å². The van der Waals surface area contributed by atoms with Crippen LogP contribution in [0.4, 0.5) is 0 Å². The van der Waals surface area contributed by atoms with Crippen LogP contribution in [-0.2, 0) is 6.54 Å². The monoisotopic (exact) mass is 269 g/mol. The summed E-state index contributed by atoms with van der Waals surface area (Å²) in [6, 6.07) is 9.00. The largest absolute Gasteiger partial charge is 0.329 e. The van der Waals surface area contributed by atoms with Gasteiger partial charge in [-0.25, -0.2) is 0 Å². The smallest absolute Gasteiger partial charge is 0.0346 e. The summed E-state index contributed by atoms with van der Waals surface area (Å²) in [7, 11) is 0. The van der Waals surface area contributed by atoms with Crippen molar-refractivity contribution in [1.29, 1.82) is 0 Å². The molecule has 2 heterocycles. The molecule has 0 saturated carbocycles. The lowest BCUT2D eigenvalue weighted by molar-refractivity contribution is 0.0994. The lowest BCUT2D eigenvalue weighted by Crippen LogP contribution is -2.48. The minimum atomic E-state index is 0.503. The first kappa shape index (κ1) is 13.5. The molecule has 1 aliphatic heterocycles. The Balaban J connectivity index is 1.88. The van der Waals surface area contributed by atoms with Gasteiger partial charge < -0.3 is 5.73 Å². The summed E-state index contributed by atoms with van der Waals surface area (Å²) in [4.78, 5) is 6.93. The number of likely N-dealkylation sites (tertiary alicyclic amines) is 1. The number of benzene rings is 1. The van der Waals surface area contributed by atoms with E-state index in [1.807, 2.05) is 12.4 Å². The summed E-state index contributed by atoms with van der Waals surface area (Å²) in [6.45, 7) is 5.18. The second-order valence-electron chi connectivity index (χ2n) is 5.91. The molecular formula is C17H23N3. The predicted molar refractivity (Wildman–Crippen MR) is 83.4 cm³/mol. The summed E-state index contributed by atoms with van der Waals surface area (Å²) in [5.74, 6) is 0.691. The van der Waals surface area contributed by atoms with Crippen LogP contribution in [0.2, 0.25) is 0 Å². The fourth-order valence-electron chi connectivity index (χ4n) is 3.44. The maximum Gasteiger partial charge on any atom is 0.0346 e. The SMILES string of the molecule is CC1CCCN(Cc2cncc3ccccc23)C1CN. The van der Waals surface area contributed by atoms with Crippen molar-refractivity contribution in [3.8, 4) is 0 Å². The summed E-state index contributed by atoms with van der Waals surface area (Å²) >= 11 is 0. The molecule has 2 N–H and O–H groups in total. The summed E-state index contributed by atoms with van der Waals surface area (Å²) < 4.78 is 0. The Hall–Kier alpha value is -1.45. The molecule has 0 radical (unpaired) electrons. The third-order valence-electron chi connectivity index (χ3n) is 4.60. The van der Waals surface area contributed by atoms with Gasteiger partial charge in [-0.2, -0.15) is 0 Å². The summed E-state index contributed by atoms with van der Waals surface area (Å²) in [6.07, 6.45) is 6.52. The predicted octanol–water partition coefficient (Wildman–Crippen LogP) is 2.79. The summed E-state index contributed by atoms with van der Waals surface area (Å²) in [5.41, 5.74) is 7.31. The topological polar surface area (TPSA) is 42.2 Å². The van der Waals surface area contributed by atoms with Gasteiger partial charge in [0.1, 0.15) is 0 Å². The maximum absolute atomic E-state index is 5.99. The number of rotatable bonds is 3. The molecule has 1 aromatic carbocycles. The lowest BCUT2D eigenvalue weighted by Gasteiger charge is -2.39. The molecule has 0 aliphatic carbocycles. The van der Waals surface area contributed by atoms with E-state index in [-0.39, 0.29) is 0 Å². The van der Waals surface area contributed by atoms with Crippen molar-refractivity contribution in [3.05, 3.63) is 42.2 Å². The molecule has 0 spiro atoms. The van der Waals surface area contributed by atoms with Crippen LogP contribution in [-0.4, -0.2) is 29.0 Å². The molecule has 3 heteroatoms. The van der Waals surface area contributed by atoms with Gasteiger partial charge in [0.25, 0.3) is 0 Å². The van der Waals surface area contributed by atoms with E-state index in [2.05, 4.69) is 41.1 Å². The Morgan fingerprint density at radius 1 is 1.30 bits per heavy atom. The van der Waals surface area contributed by atoms with Crippen molar-refractivity contribution in [2.45, 2.75) is 32.4 Å². The van der Waals surface area contributed by atoms with Crippen LogP contribution in [0.3, 0.4) is 0 Å². The van der Waals surface area contributed by atoms with Gasteiger partial charge >= 0.3 is 0 Å². The lowest BCUT2D eigenvalue weighted by atomic mass is 9.90. The van der Waals surface area contributed by atoms with Crippen molar-refractivity contribution >= 4 is 10.8 Å². The standard InChI is InChI=1S/C17H23N3/c1-13-5-4-8-20(17(13)9-18)12-15-11-19-10-14-6-2-3-7-16(14)15/h2-3,6-7,10-11,13,17H,4-5,8-9,12,18H2,1H3. The Morgan fingerprint density at radius 3 is 3.00 bits per heavy atom. The van der Waals surface area contributed by atoms with E-state index in [1.165, 1.54) is 29.2 Å². The molecule has 0 bridgehead atoms. The van der Waals surface area contributed by atoms with Gasteiger partial charge in [-0.1, -0.05) is 31.2 Å². The van der Waals surface area contributed by atoms with Crippen LogP contribution in [0.1, 0.15) is 25.3 Å². The molecule has 1 aromatic heterocycles. The Bertz CT molecular complexity index is 576. The van der Waals surface area contributed by atoms with Crippen molar-refractivity contribution in [2.24, 2.45) is 11.7 Å². The number of aromatic nitrogens is 1. The van der Waals surface area contributed by atoms with E-state index in [0.29, 0.717) is 12.0 Å². The number of piperidine rings is 1. The van der Waals surface area contributed by atoms with E-state index in [1.54, 1.807) is 0 Å². The Kier molecular flexibility index (Phi) is 3.99. The second kappa shape index (κ2) is 5.90. The highest BCUT2D eigenvalue weighted by molar-refractivity contribution is 5.84. The van der Waals surface area contributed by atoms with Crippen LogP contribution >= 0.6 is 0 Å². The van der Waals surface area contributed by atoms with Crippen LogP contribution in [0.25, 0.3) is 10.8 Å². The van der Waals surface area contributed by atoms with Crippen molar-refractivity contribution in [3.63, 3.8) is 0 Å². The second-order valence-corrected chi connectivity index (χ2v) is 5.91. The molecule has 3 rings (SSSR count). The third-order valence-corrected chi connectivity index (χ3v) is 4.60. The molecule has 3 nitrogen and oxygen atoms in total. The molecule has 2 unspecified atom stereocenters. The van der Waals surface area contributed by atoms with Crippen LogP contribution in [0.15, 0.2) is 36.7 Å². The molecule has 2 atom stereocenters. The van der Waals surface area contributed by atoms with Gasteiger partial charge in [-0.15, -0.1) is 0 Å². The maximum atomic E-state index is 5.99. The first-order chi connectivity index (χ1) is 9.79. The number of fused-ring (bicyclic) bond motifs is 1. The zero-order valence-corrected chi connectivity index (χ0v) is 12.1. The van der Waals surface area contributed by atoms with Crippen molar-refractivity contribution < 1.29 is 0 Å². The molecule has 106 valence electrons. The van der Waals surface area contributed by atoms with Crippen molar-refractivity contribution in [2.75, 3.05) is 13.1 Å². The van der Waals surface area contributed by atoms with E-state index in [9.17, 15) is 0 Å². The highest BCUT2D eigenvalue weighted by Crippen LogP contribution is 2.26. The molecule has 1 fully saturated rings. The number of pyridine rings is 1. The van der Waals surface area contributed by atoms with Crippen molar-refractivity contribution in [1.82, 2.24) is 9.88 Å². The normalized spacial score (nSPS) is 24.1. The fraction of sp³-hybridized carbons (Fsp3) is 0.471. The zero-order valence-electron chi connectivity index (χ0n) is 12.1. The number of hydrogen-bond donors (Lipinski definition) is 1. The van der Waals surface area contributed by atoms with Crippen LogP contribution in [0.5, 0.6) is 0 Å². The third kappa shape index (κ3) is 2.56. The molecule has 1 saturated heterocycles. The molecule has 0 amide bonds. The molecule has 2 aromatic rings. The minimum absolute atomic E-state index is 0.503. The first-order valence-corrected chi connectivity index (χ1v) is 7.55. The van der Waals surface area contributed by atoms with Gasteiger partial charge in [-0.05, 0) is 36.3 Å². The number of nitrogens with two attached hydrogens (primary N) is 1. The van der Waals surface area contributed by atoms with Crippen LogP contribution < -0.4 is 5.73 Å². The average molecular weight is 269 g/mol. The highest BCUT2D eigenvalue weighted by atomic mass is 15.2. The van der Waals surface area contributed by atoms with Crippen LogP contribution in [0, 0.1) is 5.92 Å². The van der Waals surface area contributed by atoms with E-state index < -0.39 is 0 Å². The van der Waals surface area contributed by atoms with Gasteiger partial charge in [0.05, 0.1) is 0 Å². The van der Waals surface area contributed by atoms with E-state index in [0.717, 1.165) is 19.6 Å². The quantitative estimate of drug-likeness (QED) is 0.931. The Labute approximate surface area is 120 Å². The molecule has 1 aliphatic rings. The number of hydrogen-bond acceptors (Lipinski definition) is 3. The fourth-order valence-corrected chi connectivity index (χ4v) is 3.44.